The minimum atomic E-state index is 0.453. The first-order chi connectivity index (χ1) is 4.74. The van der Waals surface area contributed by atoms with Crippen molar-refractivity contribution in [2.45, 2.75) is 6.92 Å². The molecule has 0 bridgehead atoms. The zero-order valence-electron chi connectivity index (χ0n) is 5.66. The van der Waals surface area contributed by atoms with E-state index in [9.17, 15) is 4.79 Å². The molecule has 0 atom stereocenters. The summed E-state index contributed by atoms with van der Waals surface area (Å²) < 4.78 is 0. The zero-order chi connectivity index (χ0) is 7.56. The predicted molar refractivity (Wildman–Crippen MR) is 38.8 cm³/mol. The molecular weight excluding hydrogens is 128 g/mol. The Labute approximate surface area is 58.9 Å². The van der Waals surface area contributed by atoms with Crippen molar-refractivity contribution in [3.8, 4) is 0 Å². The second-order valence-electron chi connectivity index (χ2n) is 2.09. The van der Waals surface area contributed by atoms with Gasteiger partial charge in [-0.25, -0.2) is 0 Å². The Morgan fingerprint density at radius 1 is 1.70 bits per heavy atom. The minimum Gasteiger partial charge on any atom is -0.397 e. The molecule has 52 valence electrons. The standard InChI is InChI=1S/C7H8N2O/c1-5-2-6(8)3-9-7(5)4-10/h2-4H,8H2,1H3. The Balaban J connectivity index is 3.19. The molecule has 0 radical (unpaired) electrons. The number of anilines is 1. The third-order valence-electron chi connectivity index (χ3n) is 1.25. The predicted octanol–water partition coefficient (Wildman–Crippen LogP) is 0.785. The highest BCUT2D eigenvalue weighted by Gasteiger charge is 1.96. The summed E-state index contributed by atoms with van der Waals surface area (Å²) in [5, 5.41) is 0. The van der Waals surface area contributed by atoms with Gasteiger partial charge >= 0.3 is 0 Å². The molecular formula is C7H8N2O. The summed E-state index contributed by atoms with van der Waals surface area (Å²) in [5.74, 6) is 0. The fourth-order valence-electron chi connectivity index (χ4n) is 0.730. The maximum atomic E-state index is 10.2. The normalized spacial score (nSPS) is 9.30. The van der Waals surface area contributed by atoms with Crippen LogP contribution in [0, 0.1) is 6.92 Å². The van der Waals surface area contributed by atoms with Gasteiger partial charge in [0.05, 0.1) is 11.9 Å². The lowest BCUT2D eigenvalue weighted by Gasteiger charge is -1.96. The number of pyridine rings is 1. The number of nitrogen functional groups attached to an aromatic ring is 1. The number of rotatable bonds is 1. The van der Waals surface area contributed by atoms with Crippen molar-refractivity contribution in [3.05, 3.63) is 23.5 Å². The molecule has 3 heteroatoms. The van der Waals surface area contributed by atoms with Gasteiger partial charge in [-0.15, -0.1) is 0 Å². The van der Waals surface area contributed by atoms with Crippen molar-refractivity contribution in [1.29, 1.82) is 0 Å². The Bertz CT molecular complexity index is 258. The van der Waals surface area contributed by atoms with Crippen LogP contribution in [0.25, 0.3) is 0 Å². The highest BCUT2D eigenvalue weighted by molar-refractivity contribution is 5.74. The van der Waals surface area contributed by atoms with Crippen LogP contribution in [0.5, 0.6) is 0 Å². The van der Waals surface area contributed by atoms with Gasteiger partial charge in [-0.1, -0.05) is 0 Å². The number of nitrogens with zero attached hydrogens (tertiary/aromatic N) is 1. The number of hydrogen-bond donors (Lipinski definition) is 1. The Morgan fingerprint density at radius 3 is 2.90 bits per heavy atom. The summed E-state index contributed by atoms with van der Waals surface area (Å²) in [7, 11) is 0. The van der Waals surface area contributed by atoms with Crippen molar-refractivity contribution in [2.75, 3.05) is 5.73 Å². The van der Waals surface area contributed by atoms with E-state index in [2.05, 4.69) is 4.98 Å². The molecule has 1 heterocycles. The van der Waals surface area contributed by atoms with Gasteiger partial charge in [-0.3, -0.25) is 9.78 Å². The first-order valence-electron chi connectivity index (χ1n) is 2.91. The summed E-state index contributed by atoms with van der Waals surface area (Å²) in [6.45, 7) is 1.80. The van der Waals surface area contributed by atoms with Crippen molar-refractivity contribution >= 4 is 12.0 Å². The average Bonchev–Trinajstić information content (AvgIpc) is 1.88. The van der Waals surface area contributed by atoms with Gasteiger partial charge in [-0.05, 0) is 18.6 Å². The van der Waals surface area contributed by atoms with Crippen LogP contribution in [-0.2, 0) is 0 Å². The van der Waals surface area contributed by atoms with E-state index in [4.69, 9.17) is 5.73 Å². The van der Waals surface area contributed by atoms with Crippen LogP contribution < -0.4 is 5.73 Å². The molecule has 3 nitrogen and oxygen atoms in total. The Hall–Kier alpha value is -1.38. The second kappa shape index (κ2) is 2.47. The molecule has 0 aliphatic rings. The average molecular weight is 136 g/mol. The number of carbonyl (C=O) groups excluding carboxylic acids is 1. The molecule has 2 N–H and O–H groups in total. The zero-order valence-corrected chi connectivity index (χ0v) is 5.66. The summed E-state index contributed by atoms with van der Waals surface area (Å²) in [4.78, 5) is 14.0. The fourth-order valence-corrected chi connectivity index (χ4v) is 0.730. The molecule has 0 fully saturated rings. The number of aryl methyl sites for hydroxylation is 1. The molecule has 0 aliphatic heterocycles. The summed E-state index contributed by atoms with van der Waals surface area (Å²) in [6.07, 6.45) is 2.19. The molecule has 0 aromatic carbocycles. The first kappa shape index (κ1) is 6.74. The van der Waals surface area contributed by atoms with E-state index in [1.807, 2.05) is 0 Å². The molecule has 0 spiro atoms. The van der Waals surface area contributed by atoms with Crippen molar-refractivity contribution in [2.24, 2.45) is 0 Å². The van der Waals surface area contributed by atoms with E-state index in [1.165, 1.54) is 6.20 Å². The Kier molecular flexibility index (Phi) is 1.67. The maximum Gasteiger partial charge on any atom is 0.168 e. The molecule has 10 heavy (non-hydrogen) atoms. The van der Waals surface area contributed by atoms with Gasteiger partial charge in [0.25, 0.3) is 0 Å². The summed E-state index contributed by atoms with van der Waals surface area (Å²) >= 11 is 0. The van der Waals surface area contributed by atoms with Gasteiger partial charge in [0.15, 0.2) is 6.29 Å². The largest absolute Gasteiger partial charge is 0.397 e. The lowest BCUT2D eigenvalue weighted by Crippen LogP contribution is -1.94. The van der Waals surface area contributed by atoms with Gasteiger partial charge in [0.1, 0.15) is 5.69 Å². The first-order valence-corrected chi connectivity index (χ1v) is 2.91. The quantitative estimate of drug-likeness (QED) is 0.580. The minimum absolute atomic E-state index is 0.453. The van der Waals surface area contributed by atoms with Gasteiger partial charge in [-0.2, -0.15) is 0 Å². The van der Waals surface area contributed by atoms with Crippen LogP contribution in [0.2, 0.25) is 0 Å². The number of nitrogens with two attached hydrogens (primary N) is 1. The highest BCUT2D eigenvalue weighted by atomic mass is 16.1. The molecule has 1 aromatic heterocycles. The molecule has 1 aromatic rings. The third-order valence-corrected chi connectivity index (χ3v) is 1.25. The van der Waals surface area contributed by atoms with Crippen LogP contribution in [-0.4, -0.2) is 11.3 Å². The molecule has 0 unspecified atom stereocenters. The lowest BCUT2D eigenvalue weighted by atomic mass is 10.2. The van der Waals surface area contributed by atoms with Gasteiger partial charge in [0.2, 0.25) is 0 Å². The van der Waals surface area contributed by atoms with E-state index in [0.717, 1.165) is 11.8 Å². The van der Waals surface area contributed by atoms with E-state index in [1.54, 1.807) is 13.0 Å². The van der Waals surface area contributed by atoms with Crippen LogP contribution in [0.4, 0.5) is 5.69 Å². The molecule has 0 saturated heterocycles. The Morgan fingerprint density at radius 2 is 2.40 bits per heavy atom. The number of aromatic nitrogens is 1. The summed E-state index contributed by atoms with van der Waals surface area (Å²) in [5.41, 5.74) is 7.26. The smallest absolute Gasteiger partial charge is 0.168 e. The van der Waals surface area contributed by atoms with Crippen molar-refractivity contribution in [3.63, 3.8) is 0 Å². The molecule has 0 aliphatic carbocycles. The third kappa shape index (κ3) is 1.13. The fraction of sp³-hybridized carbons (Fsp3) is 0.143. The van der Waals surface area contributed by atoms with Crippen LogP contribution in [0.3, 0.4) is 0 Å². The van der Waals surface area contributed by atoms with Crippen LogP contribution in [0.15, 0.2) is 12.3 Å². The second-order valence-corrected chi connectivity index (χ2v) is 2.09. The van der Waals surface area contributed by atoms with E-state index in [-0.39, 0.29) is 0 Å². The van der Waals surface area contributed by atoms with E-state index >= 15 is 0 Å². The number of hydrogen-bond acceptors (Lipinski definition) is 3. The van der Waals surface area contributed by atoms with Gasteiger partial charge in [0, 0.05) is 0 Å². The van der Waals surface area contributed by atoms with Crippen LogP contribution >= 0.6 is 0 Å². The van der Waals surface area contributed by atoms with E-state index < -0.39 is 0 Å². The topological polar surface area (TPSA) is 56.0 Å². The van der Waals surface area contributed by atoms with Crippen molar-refractivity contribution in [1.82, 2.24) is 4.98 Å². The highest BCUT2D eigenvalue weighted by Crippen LogP contribution is 2.05. The summed E-state index contributed by atoms with van der Waals surface area (Å²) in [6, 6.07) is 1.72. The molecule has 0 amide bonds. The van der Waals surface area contributed by atoms with Crippen LogP contribution in [0.1, 0.15) is 16.1 Å². The maximum absolute atomic E-state index is 10.2. The SMILES string of the molecule is Cc1cc(N)cnc1C=O. The van der Waals surface area contributed by atoms with E-state index in [0.29, 0.717) is 11.4 Å². The number of carbonyl (C=O) groups is 1. The van der Waals surface area contributed by atoms with Crippen molar-refractivity contribution < 1.29 is 4.79 Å². The van der Waals surface area contributed by atoms with Gasteiger partial charge < -0.3 is 5.73 Å². The monoisotopic (exact) mass is 136 g/mol. The molecule has 1 rings (SSSR count). The number of aldehydes is 1. The molecule has 0 saturated carbocycles. The lowest BCUT2D eigenvalue weighted by molar-refractivity contribution is 0.111.